The van der Waals surface area contributed by atoms with Crippen LogP contribution in [0.4, 0.5) is 4.39 Å². The van der Waals surface area contributed by atoms with Crippen molar-refractivity contribution in [3.63, 3.8) is 0 Å². The van der Waals surface area contributed by atoms with Crippen molar-refractivity contribution in [2.24, 2.45) is 0 Å². The van der Waals surface area contributed by atoms with Gasteiger partial charge >= 0.3 is 0 Å². The molecule has 1 rings (SSSR count). The molecular weight excluding hydrogens is 287 g/mol. The summed E-state index contributed by atoms with van der Waals surface area (Å²) in [5.41, 5.74) is 0. The van der Waals surface area contributed by atoms with Gasteiger partial charge in [-0.3, -0.25) is 4.79 Å². The third kappa shape index (κ3) is 3.45. The van der Waals surface area contributed by atoms with Gasteiger partial charge in [0.25, 0.3) is 0 Å². The predicted octanol–water partition coefficient (Wildman–Crippen LogP) is 0.591. The zero-order valence-electron chi connectivity index (χ0n) is 11.5. The largest absolute Gasteiger partial charge is 0.494 e. The van der Waals surface area contributed by atoms with Gasteiger partial charge in [0.15, 0.2) is 11.6 Å². The quantitative estimate of drug-likeness (QED) is 0.834. The van der Waals surface area contributed by atoms with Crippen LogP contribution in [0.15, 0.2) is 23.1 Å². The lowest BCUT2D eigenvalue weighted by Crippen LogP contribution is -2.39. The highest BCUT2D eigenvalue weighted by Crippen LogP contribution is 2.22. The molecule has 1 amide bonds. The molecule has 0 saturated heterocycles. The first-order chi connectivity index (χ1) is 9.36. The fourth-order valence-corrected chi connectivity index (χ4v) is 2.98. The van der Waals surface area contributed by atoms with Gasteiger partial charge in [-0.1, -0.05) is 6.92 Å². The monoisotopic (exact) mass is 304 g/mol. The molecule has 20 heavy (non-hydrogen) atoms. The fraction of sp³-hybridized carbons (Fsp3) is 0.417. The lowest BCUT2D eigenvalue weighted by molar-refractivity contribution is -0.120. The molecule has 8 heteroatoms. The molecule has 1 aromatic carbocycles. The van der Waals surface area contributed by atoms with Crippen LogP contribution in [0.25, 0.3) is 0 Å². The summed E-state index contributed by atoms with van der Waals surface area (Å²) < 4.78 is 43.9. The fourth-order valence-electron chi connectivity index (χ4n) is 1.56. The Bertz CT molecular complexity index is 589. The second kappa shape index (κ2) is 6.67. The summed E-state index contributed by atoms with van der Waals surface area (Å²) in [6.45, 7) is 1.38. The van der Waals surface area contributed by atoms with E-state index in [4.69, 9.17) is 4.74 Å². The van der Waals surface area contributed by atoms with Crippen molar-refractivity contribution in [2.45, 2.75) is 11.8 Å². The Morgan fingerprint density at radius 2 is 2.10 bits per heavy atom. The predicted molar refractivity (Wildman–Crippen MR) is 71.5 cm³/mol. The molecule has 0 heterocycles. The second-order valence-electron chi connectivity index (χ2n) is 3.90. The number of amides is 1. The van der Waals surface area contributed by atoms with Crippen molar-refractivity contribution in [3.05, 3.63) is 24.0 Å². The summed E-state index contributed by atoms with van der Waals surface area (Å²) in [7, 11) is -1.23. The van der Waals surface area contributed by atoms with E-state index in [1.165, 1.54) is 26.3 Å². The van der Waals surface area contributed by atoms with E-state index in [0.717, 1.165) is 10.4 Å². The average molecular weight is 304 g/mol. The maximum Gasteiger partial charge on any atom is 0.243 e. The number of sulfonamides is 1. The molecular formula is C12H17FN2O4S. The first kappa shape index (κ1) is 16.4. The molecule has 0 saturated carbocycles. The van der Waals surface area contributed by atoms with Crippen LogP contribution in [0.1, 0.15) is 6.92 Å². The lowest BCUT2D eigenvalue weighted by Gasteiger charge is -2.19. The Morgan fingerprint density at radius 3 is 2.55 bits per heavy atom. The van der Waals surface area contributed by atoms with Gasteiger partial charge in [-0.25, -0.2) is 12.8 Å². The molecule has 0 aliphatic rings. The number of hydrogen-bond acceptors (Lipinski definition) is 4. The summed E-state index contributed by atoms with van der Waals surface area (Å²) in [4.78, 5) is 11.1. The van der Waals surface area contributed by atoms with Gasteiger partial charge in [-0.2, -0.15) is 4.31 Å². The Labute approximate surface area is 117 Å². The highest BCUT2D eigenvalue weighted by atomic mass is 32.2. The van der Waals surface area contributed by atoms with Crippen LogP contribution in [0.3, 0.4) is 0 Å². The summed E-state index contributed by atoms with van der Waals surface area (Å²) in [5.74, 6) is -1.26. The van der Waals surface area contributed by atoms with E-state index in [2.05, 4.69) is 5.32 Å². The maximum atomic E-state index is 13.6. The number of ether oxygens (including phenoxy) is 1. The number of carbonyl (C=O) groups excluding carboxylic acids is 1. The van der Waals surface area contributed by atoms with E-state index in [-0.39, 0.29) is 23.7 Å². The van der Waals surface area contributed by atoms with E-state index in [9.17, 15) is 17.6 Å². The Hall–Kier alpha value is -1.67. The van der Waals surface area contributed by atoms with Crippen LogP contribution in [0, 0.1) is 5.82 Å². The molecule has 1 N–H and O–H groups in total. The molecule has 0 aliphatic heterocycles. The van der Waals surface area contributed by atoms with E-state index in [0.29, 0.717) is 0 Å². The smallest absolute Gasteiger partial charge is 0.243 e. The summed E-state index contributed by atoms with van der Waals surface area (Å²) in [5, 5.41) is 2.34. The molecule has 0 aromatic heterocycles. The van der Waals surface area contributed by atoms with Gasteiger partial charge in [-0.05, 0) is 18.2 Å². The molecule has 0 bridgehead atoms. The van der Waals surface area contributed by atoms with Crippen molar-refractivity contribution >= 4 is 15.9 Å². The molecule has 0 atom stereocenters. The Balaban J connectivity index is 3.14. The summed E-state index contributed by atoms with van der Waals surface area (Å²) >= 11 is 0. The van der Waals surface area contributed by atoms with Gasteiger partial charge in [-0.15, -0.1) is 0 Å². The first-order valence-electron chi connectivity index (χ1n) is 5.91. The van der Waals surface area contributed by atoms with Gasteiger partial charge in [0.2, 0.25) is 15.9 Å². The molecule has 0 radical (unpaired) electrons. The lowest BCUT2D eigenvalue weighted by atomic mass is 10.3. The highest BCUT2D eigenvalue weighted by Gasteiger charge is 2.25. The second-order valence-corrected chi connectivity index (χ2v) is 5.84. The summed E-state index contributed by atoms with van der Waals surface area (Å²) in [6.07, 6.45) is 0. The molecule has 1 aromatic rings. The van der Waals surface area contributed by atoms with Gasteiger partial charge in [0.05, 0.1) is 18.6 Å². The van der Waals surface area contributed by atoms with Crippen LogP contribution >= 0.6 is 0 Å². The number of nitrogens with one attached hydrogen (secondary N) is 1. The molecule has 112 valence electrons. The minimum Gasteiger partial charge on any atom is -0.494 e. The van der Waals surface area contributed by atoms with Crippen molar-refractivity contribution in [1.82, 2.24) is 9.62 Å². The number of nitrogens with zero attached hydrogens (tertiary/aromatic N) is 1. The number of methoxy groups -OCH3 is 1. The van der Waals surface area contributed by atoms with Crippen LogP contribution in [-0.4, -0.2) is 45.9 Å². The van der Waals surface area contributed by atoms with Gasteiger partial charge < -0.3 is 10.1 Å². The normalized spacial score (nSPS) is 11.4. The van der Waals surface area contributed by atoms with Crippen molar-refractivity contribution < 1.29 is 22.3 Å². The third-order valence-electron chi connectivity index (χ3n) is 2.71. The third-order valence-corrected chi connectivity index (χ3v) is 4.63. The van der Waals surface area contributed by atoms with Crippen molar-refractivity contribution in [2.75, 3.05) is 27.2 Å². The Morgan fingerprint density at radius 1 is 1.45 bits per heavy atom. The molecule has 0 fully saturated rings. The van der Waals surface area contributed by atoms with E-state index in [1.54, 1.807) is 6.92 Å². The van der Waals surface area contributed by atoms with Crippen LogP contribution in [-0.2, 0) is 14.8 Å². The summed E-state index contributed by atoms with van der Waals surface area (Å²) in [6, 6.07) is 3.35. The molecule has 0 unspecified atom stereocenters. The minimum atomic E-state index is -3.93. The standard InChI is InChI=1S/C12H17FN2O4S/c1-4-15(8-12(16)14-2)20(17,18)9-5-6-11(19-3)10(13)7-9/h5-7H,4,8H2,1-3H3,(H,14,16). The van der Waals surface area contributed by atoms with E-state index >= 15 is 0 Å². The number of hydrogen-bond donors (Lipinski definition) is 1. The zero-order valence-corrected chi connectivity index (χ0v) is 12.3. The zero-order chi connectivity index (χ0) is 15.3. The average Bonchev–Trinajstić information content (AvgIpc) is 2.43. The van der Waals surface area contributed by atoms with Crippen LogP contribution < -0.4 is 10.1 Å². The number of halogens is 1. The maximum absolute atomic E-state index is 13.6. The van der Waals surface area contributed by atoms with Crippen molar-refractivity contribution in [3.8, 4) is 5.75 Å². The number of benzene rings is 1. The van der Waals surface area contributed by atoms with Crippen molar-refractivity contribution in [1.29, 1.82) is 0 Å². The highest BCUT2D eigenvalue weighted by molar-refractivity contribution is 7.89. The van der Waals surface area contributed by atoms with Gasteiger partial charge in [0, 0.05) is 13.6 Å². The Kier molecular flexibility index (Phi) is 5.46. The molecule has 0 spiro atoms. The van der Waals surface area contributed by atoms with E-state index < -0.39 is 21.7 Å². The van der Waals surface area contributed by atoms with Crippen LogP contribution in [0.2, 0.25) is 0 Å². The van der Waals surface area contributed by atoms with E-state index in [1.807, 2.05) is 0 Å². The number of carbonyl (C=O) groups is 1. The molecule has 6 nitrogen and oxygen atoms in total. The van der Waals surface area contributed by atoms with Crippen LogP contribution in [0.5, 0.6) is 5.75 Å². The first-order valence-corrected chi connectivity index (χ1v) is 7.35. The number of rotatable bonds is 6. The number of likely N-dealkylation sites (N-methyl/N-ethyl adjacent to an activating group) is 2. The topological polar surface area (TPSA) is 75.7 Å². The minimum absolute atomic E-state index is 0.0432. The molecule has 0 aliphatic carbocycles. The van der Waals surface area contributed by atoms with Gasteiger partial charge in [0.1, 0.15) is 0 Å². The SMILES string of the molecule is CCN(CC(=O)NC)S(=O)(=O)c1ccc(OC)c(F)c1.